The van der Waals surface area contributed by atoms with E-state index in [1.807, 2.05) is 52.9 Å². The van der Waals surface area contributed by atoms with Crippen LogP contribution in [0.2, 0.25) is 0 Å². The third kappa shape index (κ3) is 19.2. The predicted molar refractivity (Wildman–Crippen MR) is 308 cm³/mol. The second-order valence-electron chi connectivity index (χ2n) is 24.0. The molecule has 23 heteroatoms. The highest BCUT2D eigenvalue weighted by Gasteiger charge is 2.43. The third-order valence-electron chi connectivity index (χ3n) is 14.7. The molecule has 0 N–H and O–H groups in total. The summed E-state index contributed by atoms with van der Waals surface area (Å²) in [6.07, 6.45) is -6.44. The Bertz CT molecular complexity index is 2920. The largest absolute Gasteiger partial charge is 0.451 e. The minimum atomic E-state index is -4.64. The van der Waals surface area contributed by atoms with Crippen molar-refractivity contribution >= 4 is 47.5 Å². The van der Waals surface area contributed by atoms with Crippen molar-refractivity contribution in [2.24, 2.45) is 23.7 Å². The van der Waals surface area contributed by atoms with Crippen molar-refractivity contribution in [2.75, 3.05) is 28.2 Å². The van der Waals surface area contributed by atoms with Gasteiger partial charge in [-0.15, -0.1) is 0 Å². The molecule has 0 unspecified atom stereocenters. The number of nitrogens with zero attached hydrogens (tertiary/aromatic N) is 8. The summed E-state index contributed by atoms with van der Waals surface area (Å²) in [5.41, 5.74) is 2.41. The first kappa shape index (κ1) is 68.2. The first-order chi connectivity index (χ1) is 39.7. The predicted octanol–water partition coefficient (Wildman–Crippen LogP) is 7.48. The lowest BCUT2D eigenvalue weighted by molar-refractivity contribution is -0.176. The van der Waals surface area contributed by atoms with Crippen molar-refractivity contribution in [3.63, 3.8) is 0 Å². The Balaban J connectivity index is 1.58. The van der Waals surface area contributed by atoms with Crippen LogP contribution in [-0.4, -0.2) is 163 Å². The standard InChI is InChI=1S/C62H85F3N8O12/c1-36(2)26-47-58(78)82-42(11)55(75)69(13)50(29-39(7)8)61(81)85-52(31-44-18-22-46(23-19-44)35-73-33-40(9)32-66-73)57(77)71(15)48(27-37(3)4)59(79)83-41(10)54(74)68(12)49(28-38(5)6)60(80)84-51(56(76)70(47)14)30-43-16-20-45(21-17-43)34-72-25-24-53(67-72)62(63,64)65/h16-25,32-33,36-39,41-42,47-52H,26-31,34-35H2,1-15H3/t41-,42-,47+,48+,49+,50+,51-,52-/m1/s1. The number of halogens is 3. The smallest absolute Gasteiger partial charge is 0.435 e. The number of alkyl halides is 3. The zero-order chi connectivity index (χ0) is 63.4. The van der Waals surface area contributed by atoms with Crippen LogP contribution in [-0.2, 0) is 89.4 Å². The van der Waals surface area contributed by atoms with Gasteiger partial charge in [0.05, 0.1) is 19.3 Å². The summed E-state index contributed by atoms with van der Waals surface area (Å²) in [5.74, 6) is -8.11. The molecular weight excluding hydrogens is 1110 g/mol. The summed E-state index contributed by atoms with van der Waals surface area (Å²) >= 11 is 0. The summed E-state index contributed by atoms with van der Waals surface area (Å²) < 4.78 is 66.9. The van der Waals surface area contributed by atoms with Crippen molar-refractivity contribution < 1.29 is 70.5 Å². The number of carbonyl (C=O) groups is 8. The second-order valence-corrected chi connectivity index (χ2v) is 24.0. The molecule has 4 aromatic rings. The molecule has 4 amide bonds. The normalized spacial score (nSPS) is 22.8. The SMILES string of the molecule is Cc1cnn(Cc2ccc(C[C@H]3OC(=O)[C@H](CC(C)C)N(C)C(=O)[C@@H](C)OC(=O)[C@H](CC(C)C)N(C)C(=O)[C@@H](Cc4ccc(Cn5ccc(C(F)(F)F)n5)cc4)OC(=O)[C@H](CC(C)C)N(C)C(=O)[C@@H](C)OC(=O)[C@H](CC(C)C)N(C)C3=O)cc2)c1. The van der Waals surface area contributed by atoms with Crippen molar-refractivity contribution in [1.29, 1.82) is 0 Å². The Morgan fingerprint density at radius 3 is 1.09 bits per heavy atom. The number of hydrogen-bond acceptors (Lipinski definition) is 14. The fraction of sp³-hybridized carbons (Fsp3) is 0.581. The number of aromatic nitrogens is 4. The van der Waals surface area contributed by atoms with Crippen molar-refractivity contribution in [3.05, 3.63) is 107 Å². The van der Waals surface area contributed by atoms with E-state index in [1.165, 1.54) is 48.2 Å². The van der Waals surface area contributed by atoms with Crippen LogP contribution in [0.25, 0.3) is 0 Å². The highest BCUT2D eigenvalue weighted by atomic mass is 19.4. The van der Waals surface area contributed by atoms with Crippen LogP contribution < -0.4 is 0 Å². The number of carbonyl (C=O) groups excluding carboxylic acids is 8. The molecular formula is C62H85F3N8O12. The van der Waals surface area contributed by atoms with E-state index in [4.69, 9.17) is 18.9 Å². The molecule has 466 valence electrons. The Hall–Kier alpha value is -7.59. The van der Waals surface area contributed by atoms with Gasteiger partial charge in [-0.05, 0) is 104 Å². The summed E-state index contributed by atoms with van der Waals surface area (Å²) in [6.45, 7) is 19.5. The highest BCUT2D eigenvalue weighted by Crippen LogP contribution is 2.28. The van der Waals surface area contributed by atoms with E-state index in [-0.39, 0.29) is 68.7 Å². The average Bonchev–Trinajstić information content (AvgIpc) is 3.45. The molecule has 1 saturated heterocycles. The number of rotatable bonds is 16. The van der Waals surface area contributed by atoms with Gasteiger partial charge in [-0.1, -0.05) is 104 Å². The van der Waals surface area contributed by atoms with Gasteiger partial charge in [0, 0.05) is 53.4 Å². The molecule has 2 aromatic heterocycles. The number of likely N-dealkylation sites (N-methyl/N-ethyl adjacent to an activating group) is 4. The van der Waals surface area contributed by atoms with Crippen LogP contribution in [0.5, 0.6) is 0 Å². The first-order valence-electron chi connectivity index (χ1n) is 28.9. The average molecular weight is 1190 g/mol. The molecule has 1 fully saturated rings. The summed E-state index contributed by atoms with van der Waals surface area (Å²) in [4.78, 5) is 122. The maximum absolute atomic E-state index is 15.0. The Morgan fingerprint density at radius 2 is 0.788 bits per heavy atom. The minimum absolute atomic E-state index is 0.0114. The van der Waals surface area contributed by atoms with Gasteiger partial charge in [-0.3, -0.25) is 28.5 Å². The summed E-state index contributed by atoms with van der Waals surface area (Å²) in [7, 11) is 5.37. The van der Waals surface area contributed by atoms with Crippen LogP contribution in [0.1, 0.15) is 128 Å². The second kappa shape index (κ2) is 30.0. The van der Waals surface area contributed by atoms with E-state index in [0.29, 0.717) is 23.2 Å². The van der Waals surface area contributed by atoms with Crippen LogP contribution in [0.15, 0.2) is 73.2 Å². The highest BCUT2D eigenvalue weighted by molar-refractivity contribution is 5.94. The Morgan fingerprint density at radius 1 is 0.471 bits per heavy atom. The maximum Gasteiger partial charge on any atom is 0.435 e. The van der Waals surface area contributed by atoms with Crippen LogP contribution in [0.3, 0.4) is 0 Å². The lowest BCUT2D eigenvalue weighted by atomic mass is 9.99. The Labute approximate surface area is 496 Å². The topological polar surface area (TPSA) is 222 Å². The number of hydrogen-bond donors (Lipinski definition) is 0. The van der Waals surface area contributed by atoms with Crippen LogP contribution in [0, 0.1) is 30.6 Å². The van der Waals surface area contributed by atoms with Gasteiger partial charge in [0.1, 0.15) is 24.2 Å². The minimum Gasteiger partial charge on any atom is -0.451 e. The van der Waals surface area contributed by atoms with Gasteiger partial charge in [0.2, 0.25) is 0 Å². The molecule has 20 nitrogen and oxygen atoms in total. The quantitative estimate of drug-likeness (QED) is 0.0784. The number of aryl methyl sites for hydroxylation is 1. The lowest BCUT2D eigenvalue weighted by Gasteiger charge is -2.35. The fourth-order valence-corrected chi connectivity index (χ4v) is 10.00. The van der Waals surface area contributed by atoms with Gasteiger partial charge in [0.25, 0.3) is 23.6 Å². The molecule has 85 heavy (non-hydrogen) atoms. The van der Waals surface area contributed by atoms with Crippen LogP contribution in [0.4, 0.5) is 13.2 Å². The summed E-state index contributed by atoms with van der Waals surface area (Å²) in [6, 6.07) is 9.17. The maximum atomic E-state index is 15.0. The molecule has 1 aliphatic heterocycles. The van der Waals surface area contributed by atoms with Gasteiger partial charge < -0.3 is 38.5 Å². The van der Waals surface area contributed by atoms with E-state index in [2.05, 4.69) is 10.2 Å². The zero-order valence-electron chi connectivity index (χ0n) is 51.6. The zero-order valence-corrected chi connectivity index (χ0v) is 51.6. The molecule has 2 aromatic carbocycles. The molecule has 0 spiro atoms. The molecule has 1 aliphatic rings. The summed E-state index contributed by atoms with van der Waals surface area (Å²) in [5, 5.41) is 7.98. The molecule has 0 saturated carbocycles. The molecule has 3 heterocycles. The molecule has 8 atom stereocenters. The van der Waals surface area contributed by atoms with Crippen molar-refractivity contribution in [2.45, 2.75) is 183 Å². The molecule has 0 bridgehead atoms. The van der Waals surface area contributed by atoms with E-state index in [0.717, 1.165) is 41.5 Å². The van der Waals surface area contributed by atoms with Gasteiger partial charge >= 0.3 is 30.1 Å². The number of cyclic esters (lactones) is 4. The number of amides is 4. The van der Waals surface area contributed by atoms with E-state index in [1.54, 1.807) is 75.0 Å². The van der Waals surface area contributed by atoms with Gasteiger partial charge in [-0.2, -0.15) is 23.4 Å². The first-order valence-corrected chi connectivity index (χ1v) is 28.9. The monoisotopic (exact) mass is 1190 g/mol. The number of benzene rings is 2. The number of ether oxygens (including phenoxy) is 4. The van der Waals surface area contributed by atoms with E-state index < -0.39 is 108 Å². The third-order valence-corrected chi connectivity index (χ3v) is 14.7. The van der Waals surface area contributed by atoms with Crippen LogP contribution >= 0.6 is 0 Å². The number of esters is 4. The van der Waals surface area contributed by atoms with Crippen molar-refractivity contribution in [1.82, 2.24) is 39.2 Å². The lowest BCUT2D eigenvalue weighted by Crippen LogP contribution is -2.55. The fourth-order valence-electron chi connectivity index (χ4n) is 10.00. The van der Waals surface area contributed by atoms with E-state index in [9.17, 15) is 46.7 Å². The van der Waals surface area contributed by atoms with E-state index >= 15 is 4.79 Å². The Kier molecular flexibility index (Phi) is 24.0. The molecule has 0 aliphatic carbocycles. The van der Waals surface area contributed by atoms with Gasteiger partial charge in [-0.25, -0.2) is 19.2 Å². The van der Waals surface area contributed by atoms with Gasteiger partial charge in [0.15, 0.2) is 30.1 Å². The molecule has 5 rings (SSSR count). The van der Waals surface area contributed by atoms with Crippen molar-refractivity contribution in [3.8, 4) is 0 Å². The molecule has 0 radical (unpaired) electrons.